The van der Waals surface area contributed by atoms with Crippen molar-refractivity contribution in [2.24, 2.45) is 0 Å². The fourth-order valence-electron chi connectivity index (χ4n) is 2.35. The largest absolute Gasteiger partial charge is 0.406 e. The highest BCUT2D eigenvalue weighted by atomic mass is 19.4. The highest BCUT2D eigenvalue weighted by Crippen LogP contribution is 2.22. The molecule has 0 saturated carbocycles. The van der Waals surface area contributed by atoms with Crippen LogP contribution < -0.4 is 10.2 Å². The van der Waals surface area contributed by atoms with E-state index in [0.717, 1.165) is 38.8 Å². The maximum atomic E-state index is 12.3. The third-order valence-electron chi connectivity index (χ3n) is 3.51. The van der Waals surface area contributed by atoms with Crippen LogP contribution in [0.15, 0.2) is 12.1 Å². The Labute approximate surface area is 127 Å². The lowest BCUT2D eigenvalue weighted by Gasteiger charge is -2.21. The van der Waals surface area contributed by atoms with Crippen LogP contribution in [-0.4, -0.2) is 48.8 Å². The Hall–Kier alpha value is -1.99. The number of aromatic nitrogens is 1. The number of aryl methyl sites for hydroxylation is 1. The van der Waals surface area contributed by atoms with E-state index in [1.165, 1.54) is 0 Å². The van der Waals surface area contributed by atoms with Crippen LogP contribution >= 0.6 is 0 Å². The Kier molecular flexibility index (Phi) is 4.77. The molecule has 0 unspecified atom stereocenters. The van der Waals surface area contributed by atoms with Crippen LogP contribution in [0.3, 0.4) is 0 Å². The van der Waals surface area contributed by atoms with Gasteiger partial charge in [0.25, 0.3) is 0 Å². The summed E-state index contributed by atoms with van der Waals surface area (Å²) in [4.78, 5) is 18.9. The van der Waals surface area contributed by atoms with E-state index in [1.54, 1.807) is 19.1 Å². The van der Waals surface area contributed by atoms with Gasteiger partial charge in [0.15, 0.2) is 0 Å². The topological polar surface area (TPSA) is 48.5 Å². The van der Waals surface area contributed by atoms with Crippen LogP contribution in [0.1, 0.15) is 18.5 Å². The quantitative estimate of drug-likeness (QED) is 0.932. The van der Waals surface area contributed by atoms with Gasteiger partial charge in [0.05, 0.1) is 11.4 Å². The van der Waals surface area contributed by atoms with Crippen LogP contribution in [-0.2, 0) is 0 Å². The number of hydrogen-bond acceptors (Lipinski definition) is 3. The number of alkyl halides is 3. The van der Waals surface area contributed by atoms with Crippen molar-refractivity contribution in [1.82, 2.24) is 9.88 Å². The van der Waals surface area contributed by atoms with Gasteiger partial charge in [-0.05, 0) is 31.9 Å². The SMILES string of the molecule is Cc1nc(N2CCCC2)ccc1NC(=O)N(C)CC(F)(F)F. The second-order valence-electron chi connectivity index (χ2n) is 5.40. The minimum atomic E-state index is -4.42. The van der Waals surface area contributed by atoms with Crippen molar-refractivity contribution in [2.45, 2.75) is 25.9 Å². The molecule has 122 valence electrons. The van der Waals surface area contributed by atoms with Gasteiger partial charge in [0.1, 0.15) is 12.4 Å². The number of anilines is 2. The fourth-order valence-corrected chi connectivity index (χ4v) is 2.35. The maximum absolute atomic E-state index is 12.3. The predicted octanol–water partition coefficient (Wildman–Crippen LogP) is 3.02. The molecule has 5 nitrogen and oxygen atoms in total. The van der Waals surface area contributed by atoms with Gasteiger partial charge in [0, 0.05) is 20.1 Å². The average Bonchev–Trinajstić information content (AvgIpc) is 2.93. The van der Waals surface area contributed by atoms with E-state index in [4.69, 9.17) is 0 Å². The van der Waals surface area contributed by atoms with Crippen molar-refractivity contribution in [1.29, 1.82) is 0 Å². The summed E-state index contributed by atoms with van der Waals surface area (Å²) < 4.78 is 36.8. The number of halogens is 3. The van der Waals surface area contributed by atoms with E-state index in [2.05, 4.69) is 15.2 Å². The molecule has 0 atom stereocenters. The molecule has 0 bridgehead atoms. The third-order valence-corrected chi connectivity index (χ3v) is 3.51. The molecular formula is C14H19F3N4O. The van der Waals surface area contributed by atoms with Crippen molar-refractivity contribution in [2.75, 3.05) is 36.9 Å². The molecule has 0 radical (unpaired) electrons. The molecule has 22 heavy (non-hydrogen) atoms. The summed E-state index contributed by atoms with van der Waals surface area (Å²) in [6.45, 7) is 2.33. The number of pyridine rings is 1. The van der Waals surface area contributed by atoms with Gasteiger partial charge in [-0.15, -0.1) is 0 Å². The lowest BCUT2D eigenvalue weighted by molar-refractivity contribution is -0.137. The van der Waals surface area contributed by atoms with Gasteiger partial charge in [-0.25, -0.2) is 9.78 Å². The molecule has 0 aliphatic carbocycles. The van der Waals surface area contributed by atoms with Crippen molar-refractivity contribution in [3.05, 3.63) is 17.8 Å². The fraction of sp³-hybridized carbons (Fsp3) is 0.571. The standard InChI is InChI=1S/C14H19F3N4O/c1-10-11(19-13(22)20(2)9-14(15,16)17)5-6-12(18-10)21-7-3-4-8-21/h5-6H,3-4,7-9H2,1-2H3,(H,19,22). The zero-order chi connectivity index (χ0) is 16.3. The summed E-state index contributed by atoms with van der Waals surface area (Å²) in [6.07, 6.45) is -2.16. The molecule has 2 amide bonds. The Bertz CT molecular complexity index is 541. The molecular weight excluding hydrogens is 297 g/mol. The summed E-state index contributed by atoms with van der Waals surface area (Å²) in [5.74, 6) is 0.830. The van der Waals surface area contributed by atoms with E-state index in [-0.39, 0.29) is 0 Å². The molecule has 0 aromatic carbocycles. The number of rotatable bonds is 3. The summed E-state index contributed by atoms with van der Waals surface area (Å²) in [5.41, 5.74) is 1.00. The number of carbonyl (C=O) groups is 1. The maximum Gasteiger partial charge on any atom is 0.406 e. The van der Waals surface area contributed by atoms with Crippen molar-refractivity contribution < 1.29 is 18.0 Å². The van der Waals surface area contributed by atoms with Crippen LogP contribution in [0.2, 0.25) is 0 Å². The van der Waals surface area contributed by atoms with Crippen molar-refractivity contribution in [3.63, 3.8) is 0 Å². The van der Waals surface area contributed by atoms with E-state index in [0.29, 0.717) is 16.3 Å². The predicted molar refractivity (Wildman–Crippen MR) is 78.1 cm³/mol. The second-order valence-corrected chi connectivity index (χ2v) is 5.40. The molecule has 1 aromatic heterocycles. The van der Waals surface area contributed by atoms with Gasteiger partial charge in [-0.2, -0.15) is 13.2 Å². The first-order valence-electron chi connectivity index (χ1n) is 7.08. The summed E-state index contributed by atoms with van der Waals surface area (Å²) in [7, 11) is 1.10. The highest BCUT2D eigenvalue weighted by molar-refractivity contribution is 5.89. The van der Waals surface area contributed by atoms with Crippen LogP contribution in [0.5, 0.6) is 0 Å². The lowest BCUT2D eigenvalue weighted by Crippen LogP contribution is -2.38. The van der Waals surface area contributed by atoms with Crippen molar-refractivity contribution in [3.8, 4) is 0 Å². The van der Waals surface area contributed by atoms with E-state index in [1.807, 2.05) is 0 Å². The minimum absolute atomic E-state index is 0.418. The number of nitrogens with one attached hydrogen (secondary N) is 1. The number of hydrogen-bond donors (Lipinski definition) is 1. The molecule has 1 aliphatic rings. The number of amides is 2. The van der Waals surface area contributed by atoms with Gasteiger partial charge in [0.2, 0.25) is 0 Å². The molecule has 1 N–H and O–H groups in total. The summed E-state index contributed by atoms with van der Waals surface area (Å²) >= 11 is 0. The van der Waals surface area contributed by atoms with Crippen molar-refractivity contribution >= 4 is 17.5 Å². The number of urea groups is 1. The lowest BCUT2D eigenvalue weighted by atomic mass is 10.3. The Balaban J connectivity index is 2.02. The Morgan fingerprint density at radius 3 is 2.55 bits per heavy atom. The first-order chi connectivity index (χ1) is 10.3. The Morgan fingerprint density at radius 2 is 2.00 bits per heavy atom. The molecule has 2 rings (SSSR count). The third kappa shape index (κ3) is 4.25. The number of nitrogens with zero attached hydrogens (tertiary/aromatic N) is 3. The van der Waals surface area contributed by atoms with E-state index < -0.39 is 18.8 Å². The van der Waals surface area contributed by atoms with Crippen LogP contribution in [0, 0.1) is 6.92 Å². The van der Waals surface area contributed by atoms with Crippen LogP contribution in [0.25, 0.3) is 0 Å². The highest BCUT2D eigenvalue weighted by Gasteiger charge is 2.31. The van der Waals surface area contributed by atoms with Gasteiger partial charge >= 0.3 is 12.2 Å². The summed E-state index contributed by atoms with van der Waals surface area (Å²) in [6, 6.07) is 2.64. The molecule has 1 fully saturated rings. The Morgan fingerprint density at radius 1 is 1.36 bits per heavy atom. The molecule has 2 heterocycles. The second kappa shape index (κ2) is 6.41. The normalized spacial score (nSPS) is 15.0. The summed E-state index contributed by atoms with van der Waals surface area (Å²) in [5, 5.41) is 2.46. The zero-order valence-corrected chi connectivity index (χ0v) is 12.6. The number of carbonyl (C=O) groups excluding carboxylic acids is 1. The smallest absolute Gasteiger partial charge is 0.357 e. The molecule has 0 spiro atoms. The van der Waals surface area contributed by atoms with Gasteiger partial charge in [-0.1, -0.05) is 0 Å². The first-order valence-corrected chi connectivity index (χ1v) is 7.08. The van der Waals surface area contributed by atoms with Gasteiger partial charge in [-0.3, -0.25) is 0 Å². The molecule has 1 saturated heterocycles. The molecule has 1 aromatic rings. The van der Waals surface area contributed by atoms with Crippen LogP contribution in [0.4, 0.5) is 29.5 Å². The van der Waals surface area contributed by atoms with E-state index >= 15 is 0 Å². The monoisotopic (exact) mass is 316 g/mol. The molecule has 1 aliphatic heterocycles. The minimum Gasteiger partial charge on any atom is -0.357 e. The molecule has 8 heteroatoms. The zero-order valence-electron chi connectivity index (χ0n) is 12.6. The average molecular weight is 316 g/mol. The van der Waals surface area contributed by atoms with E-state index in [9.17, 15) is 18.0 Å². The first kappa shape index (κ1) is 16.4. The van der Waals surface area contributed by atoms with Gasteiger partial charge < -0.3 is 15.1 Å².